The first kappa shape index (κ1) is 16.1. The average molecular weight is 275 g/mol. The number of rotatable bonds is 6. The van der Waals surface area contributed by atoms with Gasteiger partial charge < -0.3 is 15.2 Å². The molecular formula is C16H21NO3. The van der Waals surface area contributed by atoms with Gasteiger partial charge >= 0.3 is 0 Å². The molecule has 0 heterocycles. The molecule has 0 aliphatic carbocycles. The van der Waals surface area contributed by atoms with E-state index in [4.69, 9.17) is 9.84 Å². The van der Waals surface area contributed by atoms with Crippen LogP contribution in [0, 0.1) is 11.8 Å². The Morgan fingerprint density at radius 3 is 2.90 bits per heavy atom. The number of nitrogens with one attached hydrogen (secondary N) is 1. The maximum atomic E-state index is 11.8. The number of hydrogen-bond donors (Lipinski definition) is 2. The summed E-state index contributed by atoms with van der Waals surface area (Å²) in [5.41, 5.74) is 1.41. The van der Waals surface area contributed by atoms with Gasteiger partial charge in [-0.1, -0.05) is 25.2 Å². The first-order valence-corrected chi connectivity index (χ1v) is 6.78. The van der Waals surface area contributed by atoms with Crippen LogP contribution in [0.4, 0.5) is 5.69 Å². The van der Waals surface area contributed by atoms with Gasteiger partial charge in [0.15, 0.2) is 0 Å². The minimum absolute atomic E-state index is 0.0226. The Hall–Kier alpha value is -1.99. The normalized spacial score (nSPS) is 9.55. The van der Waals surface area contributed by atoms with E-state index in [1.807, 2.05) is 13.0 Å². The number of benzene rings is 1. The lowest BCUT2D eigenvalue weighted by Crippen LogP contribution is -2.12. The second-order valence-corrected chi connectivity index (χ2v) is 4.34. The third kappa shape index (κ3) is 5.33. The van der Waals surface area contributed by atoms with Crippen molar-refractivity contribution in [3.8, 4) is 17.6 Å². The molecule has 0 spiro atoms. The average Bonchev–Trinajstić information content (AvgIpc) is 2.46. The predicted molar refractivity (Wildman–Crippen MR) is 79.7 cm³/mol. The van der Waals surface area contributed by atoms with E-state index in [-0.39, 0.29) is 12.5 Å². The van der Waals surface area contributed by atoms with Crippen LogP contribution in [0.5, 0.6) is 5.75 Å². The lowest BCUT2D eigenvalue weighted by Gasteiger charge is -2.10. The van der Waals surface area contributed by atoms with Gasteiger partial charge in [0.25, 0.3) is 0 Å². The predicted octanol–water partition coefficient (Wildman–Crippen LogP) is 2.56. The quantitative estimate of drug-likeness (QED) is 0.784. The summed E-state index contributed by atoms with van der Waals surface area (Å²) < 4.78 is 5.23. The highest BCUT2D eigenvalue weighted by atomic mass is 16.5. The largest absolute Gasteiger partial charge is 0.495 e. The van der Waals surface area contributed by atoms with Gasteiger partial charge in [0.05, 0.1) is 19.4 Å². The van der Waals surface area contributed by atoms with Crippen LogP contribution in [0.3, 0.4) is 0 Å². The molecule has 0 saturated heterocycles. The summed E-state index contributed by atoms with van der Waals surface area (Å²) in [6.07, 6.45) is 2.78. The summed E-state index contributed by atoms with van der Waals surface area (Å²) in [5.74, 6) is 6.38. The van der Waals surface area contributed by atoms with Crippen molar-refractivity contribution in [2.24, 2.45) is 0 Å². The van der Waals surface area contributed by atoms with Gasteiger partial charge in [0.2, 0.25) is 5.91 Å². The van der Waals surface area contributed by atoms with Crippen LogP contribution >= 0.6 is 0 Å². The van der Waals surface area contributed by atoms with Crippen molar-refractivity contribution in [2.75, 3.05) is 19.0 Å². The molecule has 108 valence electrons. The number of ether oxygens (including phenoxy) is 1. The van der Waals surface area contributed by atoms with E-state index in [0.29, 0.717) is 24.3 Å². The lowest BCUT2D eigenvalue weighted by atomic mass is 10.1. The number of hydrogen-bond acceptors (Lipinski definition) is 3. The van der Waals surface area contributed by atoms with E-state index in [1.54, 1.807) is 19.2 Å². The maximum absolute atomic E-state index is 11.8. The van der Waals surface area contributed by atoms with Crippen molar-refractivity contribution in [2.45, 2.75) is 32.6 Å². The summed E-state index contributed by atoms with van der Waals surface area (Å²) in [7, 11) is 1.56. The van der Waals surface area contributed by atoms with Gasteiger partial charge in [-0.25, -0.2) is 0 Å². The zero-order valence-electron chi connectivity index (χ0n) is 12.0. The second-order valence-electron chi connectivity index (χ2n) is 4.34. The van der Waals surface area contributed by atoms with Crippen molar-refractivity contribution in [1.29, 1.82) is 0 Å². The number of amides is 1. The Morgan fingerprint density at radius 2 is 2.25 bits per heavy atom. The molecule has 0 saturated carbocycles. The van der Waals surface area contributed by atoms with Gasteiger partial charge in [-0.05, 0) is 24.6 Å². The molecule has 0 bridgehead atoms. The summed E-state index contributed by atoms with van der Waals surface area (Å²) >= 11 is 0. The molecule has 2 N–H and O–H groups in total. The number of carbonyl (C=O) groups excluding carboxylic acids is 1. The van der Waals surface area contributed by atoms with Gasteiger partial charge in [-0.3, -0.25) is 4.79 Å². The van der Waals surface area contributed by atoms with Crippen molar-refractivity contribution < 1.29 is 14.6 Å². The molecule has 20 heavy (non-hydrogen) atoms. The molecule has 0 unspecified atom stereocenters. The van der Waals surface area contributed by atoms with E-state index in [2.05, 4.69) is 17.2 Å². The fourth-order valence-electron chi connectivity index (χ4n) is 1.65. The van der Waals surface area contributed by atoms with Crippen molar-refractivity contribution in [3.63, 3.8) is 0 Å². The Bertz CT molecular complexity index is 500. The number of aliphatic hydroxyl groups excluding tert-OH is 1. The molecular weight excluding hydrogens is 254 g/mol. The molecule has 1 aromatic carbocycles. The van der Waals surface area contributed by atoms with Crippen LogP contribution in [0.1, 0.15) is 38.2 Å². The number of anilines is 1. The summed E-state index contributed by atoms with van der Waals surface area (Å²) in [5, 5.41) is 11.5. The van der Waals surface area contributed by atoms with Crippen LogP contribution in [-0.4, -0.2) is 24.7 Å². The Kier molecular flexibility index (Phi) is 7.23. The monoisotopic (exact) mass is 275 g/mol. The van der Waals surface area contributed by atoms with Gasteiger partial charge in [0.1, 0.15) is 5.75 Å². The third-order valence-electron chi connectivity index (χ3n) is 2.70. The summed E-state index contributed by atoms with van der Waals surface area (Å²) in [4.78, 5) is 11.8. The minimum atomic E-state index is -0.0226. The van der Waals surface area contributed by atoms with Gasteiger partial charge in [-0.15, -0.1) is 0 Å². The van der Waals surface area contributed by atoms with E-state index in [0.717, 1.165) is 18.4 Å². The van der Waals surface area contributed by atoms with Crippen molar-refractivity contribution in [3.05, 3.63) is 23.8 Å². The maximum Gasteiger partial charge on any atom is 0.224 e. The van der Waals surface area contributed by atoms with E-state index in [9.17, 15) is 4.79 Å². The molecule has 0 aliphatic rings. The molecule has 0 aromatic heterocycles. The first-order valence-electron chi connectivity index (χ1n) is 6.78. The van der Waals surface area contributed by atoms with Crippen LogP contribution in [0.15, 0.2) is 18.2 Å². The Labute approximate surface area is 120 Å². The number of carbonyl (C=O) groups is 1. The molecule has 0 fully saturated rings. The highest BCUT2D eigenvalue weighted by Crippen LogP contribution is 2.25. The Morgan fingerprint density at radius 1 is 1.45 bits per heavy atom. The van der Waals surface area contributed by atoms with E-state index in [1.165, 1.54) is 0 Å². The molecule has 1 amide bonds. The molecule has 1 rings (SSSR count). The van der Waals surface area contributed by atoms with Crippen LogP contribution in [0.2, 0.25) is 0 Å². The fourth-order valence-corrected chi connectivity index (χ4v) is 1.65. The van der Waals surface area contributed by atoms with E-state index >= 15 is 0 Å². The highest BCUT2D eigenvalue weighted by Gasteiger charge is 2.07. The third-order valence-corrected chi connectivity index (χ3v) is 2.70. The Balaban J connectivity index is 2.84. The van der Waals surface area contributed by atoms with Crippen LogP contribution in [-0.2, 0) is 4.79 Å². The zero-order chi connectivity index (χ0) is 14.8. The zero-order valence-corrected chi connectivity index (χ0v) is 12.0. The SMILES string of the molecule is CCCCC(=O)Nc1cc(C#CCCO)ccc1OC. The molecule has 4 nitrogen and oxygen atoms in total. The number of methoxy groups -OCH3 is 1. The summed E-state index contributed by atoms with van der Waals surface area (Å²) in [6, 6.07) is 5.39. The van der Waals surface area contributed by atoms with Crippen LogP contribution < -0.4 is 10.1 Å². The lowest BCUT2D eigenvalue weighted by molar-refractivity contribution is -0.116. The highest BCUT2D eigenvalue weighted by molar-refractivity contribution is 5.92. The minimum Gasteiger partial charge on any atom is -0.495 e. The molecule has 0 aliphatic heterocycles. The standard InChI is InChI=1S/C16H21NO3/c1-3-4-8-16(19)17-14-12-13(7-5-6-11-18)9-10-15(14)20-2/h9-10,12,18H,3-4,6,8,11H2,1-2H3,(H,17,19). The molecule has 0 radical (unpaired) electrons. The van der Waals surface area contributed by atoms with E-state index < -0.39 is 0 Å². The second kappa shape index (κ2) is 9.00. The van der Waals surface area contributed by atoms with Gasteiger partial charge in [0, 0.05) is 18.4 Å². The molecule has 0 atom stereocenters. The molecule has 4 heteroatoms. The number of aliphatic hydroxyl groups is 1. The first-order chi connectivity index (χ1) is 9.71. The van der Waals surface area contributed by atoms with Crippen molar-refractivity contribution >= 4 is 11.6 Å². The topological polar surface area (TPSA) is 58.6 Å². The summed E-state index contributed by atoms with van der Waals surface area (Å²) in [6.45, 7) is 2.09. The fraction of sp³-hybridized carbons (Fsp3) is 0.438. The van der Waals surface area contributed by atoms with Crippen molar-refractivity contribution in [1.82, 2.24) is 0 Å². The van der Waals surface area contributed by atoms with Gasteiger partial charge in [-0.2, -0.15) is 0 Å². The van der Waals surface area contributed by atoms with Crippen LogP contribution in [0.25, 0.3) is 0 Å². The smallest absolute Gasteiger partial charge is 0.224 e. The molecule has 1 aromatic rings. The number of unbranched alkanes of at least 4 members (excludes halogenated alkanes) is 1.